The molecule has 1 atom stereocenters. The van der Waals surface area contributed by atoms with Crippen molar-refractivity contribution in [1.82, 2.24) is 0 Å². The summed E-state index contributed by atoms with van der Waals surface area (Å²) < 4.78 is 3.34. The number of halogens is 2. The van der Waals surface area contributed by atoms with Crippen LogP contribution in [-0.2, 0) is 30.7 Å². The van der Waals surface area contributed by atoms with Crippen molar-refractivity contribution in [1.29, 1.82) is 0 Å². The van der Waals surface area contributed by atoms with Crippen molar-refractivity contribution in [2.24, 2.45) is 11.3 Å². The van der Waals surface area contributed by atoms with Crippen LogP contribution in [0.15, 0.2) is 90.5 Å². The van der Waals surface area contributed by atoms with Gasteiger partial charge in [-0.1, -0.05) is 80.8 Å². The summed E-state index contributed by atoms with van der Waals surface area (Å²) in [4.78, 5) is 0. The third kappa shape index (κ3) is 11.4. The number of hydrogen-bond donors (Lipinski definition) is 0. The first-order valence-corrected chi connectivity index (χ1v) is 12.9. The quantitative estimate of drug-likeness (QED) is 0.196. The van der Waals surface area contributed by atoms with Gasteiger partial charge in [0.2, 0.25) is 0 Å². The molecule has 0 bridgehead atoms. The van der Waals surface area contributed by atoms with Gasteiger partial charge in [0, 0.05) is 0 Å². The SMILES string of the molecule is CCC1[C-]=CC(C(C)(C)C)=C1.Cl.Cl.[CH2]=[Zr].[CH3-].[c-]1cccc2c1Cc1ccccc1-2.[c-]1ccccc1. The second kappa shape index (κ2) is 18.7. The maximum absolute atomic E-state index is 3.35. The fourth-order valence-corrected chi connectivity index (χ4v) is 3.55. The van der Waals surface area contributed by atoms with Crippen LogP contribution < -0.4 is 0 Å². The molecule has 3 aromatic carbocycles. The maximum Gasteiger partial charge on any atom is -0.0253 e. The third-order valence-electron chi connectivity index (χ3n) is 5.36. The van der Waals surface area contributed by atoms with Crippen LogP contribution in [0.4, 0.5) is 0 Å². The van der Waals surface area contributed by atoms with E-state index in [1.165, 1.54) is 58.5 Å². The first-order valence-electron chi connectivity index (χ1n) is 11.1. The molecule has 0 fully saturated rings. The Morgan fingerprint density at radius 1 is 0.886 bits per heavy atom. The molecule has 2 aliphatic rings. The number of rotatable bonds is 1. The van der Waals surface area contributed by atoms with Crippen molar-refractivity contribution in [3.05, 3.63) is 127 Å². The van der Waals surface area contributed by atoms with E-state index in [0.717, 1.165) is 6.42 Å². The van der Waals surface area contributed by atoms with Gasteiger partial charge >= 0.3 is 28.4 Å². The zero-order chi connectivity index (χ0) is 23.4. The average molecular weight is 585 g/mol. The molecule has 188 valence electrons. The summed E-state index contributed by atoms with van der Waals surface area (Å²) in [5, 5.41) is 0. The van der Waals surface area contributed by atoms with E-state index in [0.29, 0.717) is 11.3 Å². The Hall–Kier alpha value is -1.53. The summed E-state index contributed by atoms with van der Waals surface area (Å²) in [5.41, 5.74) is 7.25. The van der Waals surface area contributed by atoms with Gasteiger partial charge in [-0.05, 0) is 6.42 Å². The molecule has 35 heavy (non-hydrogen) atoms. The summed E-state index contributed by atoms with van der Waals surface area (Å²) in [6.45, 7) is 8.94. The van der Waals surface area contributed by atoms with Gasteiger partial charge in [-0.2, -0.15) is 77.9 Å². The minimum Gasteiger partial charge on any atom is -0.358 e. The van der Waals surface area contributed by atoms with Crippen LogP contribution in [0.5, 0.6) is 0 Å². The van der Waals surface area contributed by atoms with E-state index in [4.69, 9.17) is 0 Å². The molecule has 0 aromatic heterocycles. The molecule has 0 N–H and O–H groups in total. The number of fused-ring (bicyclic) bond motifs is 3. The number of hydrogen-bond acceptors (Lipinski definition) is 0. The van der Waals surface area contributed by atoms with E-state index < -0.39 is 0 Å². The minimum atomic E-state index is 0. The molecule has 0 amide bonds. The Morgan fingerprint density at radius 3 is 2.00 bits per heavy atom. The summed E-state index contributed by atoms with van der Waals surface area (Å²) in [5.74, 6) is 0.573. The monoisotopic (exact) mass is 582 g/mol. The Labute approximate surface area is 242 Å². The fraction of sp³-hybridized carbons (Fsp3) is 0.250. The van der Waals surface area contributed by atoms with Crippen LogP contribution in [0.25, 0.3) is 11.1 Å². The predicted octanol–water partition coefficient (Wildman–Crippen LogP) is 9.16. The van der Waals surface area contributed by atoms with E-state index in [2.05, 4.69) is 98.7 Å². The second-order valence-corrected chi connectivity index (χ2v) is 8.67. The van der Waals surface area contributed by atoms with Crippen LogP contribution in [0.1, 0.15) is 45.2 Å². The van der Waals surface area contributed by atoms with Gasteiger partial charge < -0.3 is 7.43 Å². The molecule has 0 saturated heterocycles. The van der Waals surface area contributed by atoms with Gasteiger partial charge in [-0.25, -0.2) is 6.08 Å². The molecule has 0 radical (unpaired) electrons. The molecule has 5 rings (SSSR count). The largest absolute Gasteiger partial charge is 0.358 e. The summed E-state index contributed by atoms with van der Waals surface area (Å²) in [6.07, 6.45) is 10.1. The Balaban J connectivity index is 0. The van der Waals surface area contributed by atoms with Crippen LogP contribution in [-0.4, -0.2) is 4.21 Å². The van der Waals surface area contributed by atoms with Crippen molar-refractivity contribution in [2.45, 2.75) is 40.5 Å². The number of benzene rings is 3. The molecule has 0 nitrogen and oxygen atoms in total. The Morgan fingerprint density at radius 2 is 1.51 bits per heavy atom. The molecule has 0 aliphatic heterocycles. The van der Waals surface area contributed by atoms with E-state index >= 15 is 0 Å². The molecule has 0 saturated carbocycles. The summed E-state index contributed by atoms with van der Waals surface area (Å²) >= 11 is 1.30. The molecule has 2 aliphatic carbocycles. The van der Waals surface area contributed by atoms with E-state index in [1.807, 2.05) is 36.4 Å². The van der Waals surface area contributed by atoms with E-state index in [9.17, 15) is 0 Å². The molecule has 3 heteroatoms. The first kappa shape index (κ1) is 35.6. The maximum atomic E-state index is 3.35. The molecule has 0 spiro atoms. The summed E-state index contributed by atoms with van der Waals surface area (Å²) in [7, 11) is 0. The standard InChI is InChI=1S/C13H9.C11H17.C6H5.CH3.CH2.2ClH.Zr/c1-3-7-12-10(5-1)9-11-6-2-4-8-13(11)12;1-5-9-6-7-10(8-9)11(2,3)4;1-2-4-6-5-3-1;;;;;/h1-5,7-8H,9H2;7-9H,5H2,1-4H3;1-5H;1H3;1H2;2*1H;/q4*-1;;;;. The van der Waals surface area contributed by atoms with Crippen molar-refractivity contribution < 1.29 is 24.2 Å². The molecule has 0 heterocycles. The molecular weight excluding hydrogens is 546 g/mol. The van der Waals surface area contributed by atoms with E-state index in [-0.39, 0.29) is 32.2 Å². The van der Waals surface area contributed by atoms with Gasteiger partial charge in [-0.3, -0.25) is 6.08 Å². The first-order chi connectivity index (χ1) is 15.5. The average Bonchev–Trinajstić information content (AvgIpc) is 3.47. The van der Waals surface area contributed by atoms with Gasteiger partial charge in [-0.15, -0.1) is 30.4 Å². The molecular formula is C32H38Cl2Zr-4. The van der Waals surface area contributed by atoms with Crippen LogP contribution in [0, 0.1) is 37.0 Å². The molecule has 1 unspecified atom stereocenters. The van der Waals surface area contributed by atoms with Crippen LogP contribution in [0.2, 0.25) is 0 Å². The molecule has 3 aromatic rings. The number of allylic oxidation sites excluding steroid dienone is 4. The zero-order valence-corrected chi connectivity index (χ0v) is 25.7. The van der Waals surface area contributed by atoms with Gasteiger partial charge in [0.05, 0.1) is 0 Å². The normalized spacial score (nSPS) is 13.6. The third-order valence-corrected chi connectivity index (χ3v) is 5.36. The van der Waals surface area contributed by atoms with Crippen molar-refractivity contribution in [3.63, 3.8) is 0 Å². The minimum absolute atomic E-state index is 0. The zero-order valence-electron chi connectivity index (χ0n) is 21.6. The Bertz CT molecular complexity index is 947. The van der Waals surface area contributed by atoms with Gasteiger partial charge in [0.25, 0.3) is 0 Å². The second-order valence-electron chi connectivity index (χ2n) is 8.67. The van der Waals surface area contributed by atoms with Crippen molar-refractivity contribution in [3.8, 4) is 11.1 Å². The Kier molecular flexibility index (Phi) is 19.0. The summed E-state index contributed by atoms with van der Waals surface area (Å²) in [6, 6.07) is 30.6. The van der Waals surface area contributed by atoms with Crippen LogP contribution >= 0.6 is 24.8 Å². The van der Waals surface area contributed by atoms with Crippen LogP contribution in [0.3, 0.4) is 0 Å². The van der Waals surface area contributed by atoms with Crippen molar-refractivity contribution >= 4 is 29.0 Å². The van der Waals surface area contributed by atoms with Gasteiger partial charge in [0.15, 0.2) is 0 Å². The van der Waals surface area contributed by atoms with Gasteiger partial charge in [0.1, 0.15) is 0 Å². The fourth-order valence-electron chi connectivity index (χ4n) is 3.55. The topological polar surface area (TPSA) is 0 Å². The smallest absolute Gasteiger partial charge is 0.0253 e. The predicted molar refractivity (Wildman–Crippen MR) is 156 cm³/mol. The van der Waals surface area contributed by atoms with Crippen molar-refractivity contribution in [2.75, 3.05) is 0 Å². The van der Waals surface area contributed by atoms with E-state index in [1.54, 1.807) is 0 Å².